The van der Waals surface area contributed by atoms with Crippen molar-refractivity contribution < 1.29 is 5.11 Å². The van der Waals surface area contributed by atoms with Crippen molar-refractivity contribution in [3.63, 3.8) is 0 Å². The summed E-state index contributed by atoms with van der Waals surface area (Å²) in [7, 11) is 1.97. The summed E-state index contributed by atoms with van der Waals surface area (Å²) in [4.78, 5) is 4.24. The highest BCUT2D eigenvalue weighted by Crippen LogP contribution is 2.13. The van der Waals surface area contributed by atoms with Crippen LogP contribution in [0.1, 0.15) is 5.56 Å². The quantitative estimate of drug-likeness (QED) is 0.744. The van der Waals surface area contributed by atoms with E-state index in [1.54, 1.807) is 6.33 Å². The van der Waals surface area contributed by atoms with Crippen LogP contribution >= 0.6 is 0 Å². The van der Waals surface area contributed by atoms with Crippen LogP contribution in [-0.4, -0.2) is 21.3 Å². The molecule has 0 aliphatic rings. The number of imidazole rings is 1. The Bertz CT molecular complexity index is 420. The average molecular weight is 176 g/mol. The molecule has 68 valence electrons. The molecule has 0 saturated carbocycles. The third-order valence-electron chi connectivity index (χ3n) is 2.19. The summed E-state index contributed by atoms with van der Waals surface area (Å²) in [5.41, 5.74) is 3.25. The number of hydrogen-bond donors (Lipinski definition) is 1. The minimum Gasteiger partial charge on any atom is -0.396 e. The molecule has 2 aromatic rings. The van der Waals surface area contributed by atoms with Gasteiger partial charge in [-0.2, -0.15) is 0 Å². The first-order valence-electron chi connectivity index (χ1n) is 4.32. The lowest BCUT2D eigenvalue weighted by Gasteiger charge is -1.98. The molecule has 0 saturated heterocycles. The molecule has 1 aromatic carbocycles. The Hall–Kier alpha value is -1.35. The fourth-order valence-electron chi connectivity index (χ4n) is 1.47. The Balaban J connectivity index is 2.50. The highest BCUT2D eigenvalue weighted by molar-refractivity contribution is 5.75. The molecule has 0 radical (unpaired) electrons. The standard InChI is InChI=1S/C10H12N2O/c1-12-7-11-9-6-8(4-5-13)2-3-10(9)12/h2-3,6-7,13H,4-5H2,1H3. The number of aromatic nitrogens is 2. The first-order chi connectivity index (χ1) is 6.31. The molecule has 3 nitrogen and oxygen atoms in total. The average Bonchev–Trinajstić information content (AvgIpc) is 2.48. The van der Waals surface area contributed by atoms with Crippen molar-refractivity contribution >= 4 is 11.0 Å². The third-order valence-corrected chi connectivity index (χ3v) is 2.19. The van der Waals surface area contributed by atoms with E-state index in [9.17, 15) is 0 Å². The maximum Gasteiger partial charge on any atom is 0.0955 e. The summed E-state index contributed by atoms with van der Waals surface area (Å²) in [5.74, 6) is 0. The van der Waals surface area contributed by atoms with Crippen LogP contribution < -0.4 is 0 Å². The molecule has 2 rings (SSSR count). The van der Waals surface area contributed by atoms with Crippen molar-refractivity contribution in [2.45, 2.75) is 6.42 Å². The van der Waals surface area contributed by atoms with E-state index in [2.05, 4.69) is 4.98 Å². The minimum atomic E-state index is 0.193. The van der Waals surface area contributed by atoms with Gasteiger partial charge < -0.3 is 9.67 Å². The molecule has 13 heavy (non-hydrogen) atoms. The van der Waals surface area contributed by atoms with Crippen molar-refractivity contribution in [2.24, 2.45) is 7.05 Å². The number of fused-ring (bicyclic) bond motifs is 1. The molecule has 0 atom stereocenters. The number of hydrogen-bond acceptors (Lipinski definition) is 2. The molecule has 0 bridgehead atoms. The lowest BCUT2D eigenvalue weighted by atomic mass is 10.1. The van der Waals surface area contributed by atoms with E-state index < -0.39 is 0 Å². The Morgan fingerprint density at radius 1 is 1.46 bits per heavy atom. The van der Waals surface area contributed by atoms with Crippen LogP contribution in [0.5, 0.6) is 0 Å². The van der Waals surface area contributed by atoms with Gasteiger partial charge in [-0.25, -0.2) is 4.98 Å². The van der Waals surface area contributed by atoms with Crippen LogP contribution in [-0.2, 0) is 13.5 Å². The molecule has 0 aliphatic heterocycles. The zero-order chi connectivity index (χ0) is 9.26. The zero-order valence-corrected chi connectivity index (χ0v) is 7.57. The third kappa shape index (κ3) is 1.42. The fraction of sp³-hybridized carbons (Fsp3) is 0.300. The Morgan fingerprint density at radius 2 is 2.31 bits per heavy atom. The predicted octanol–water partition coefficient (Wildman–Crippen LogP) is 1.11. The smallest absolute Gasteiger partial charge is 0.0955 e. The van der Waals surface area contributed by atoms with Crippen LogP contribution in [0.2, 0.25) is 0 Å². The number of rotatable bonds is 2. The Morgan fingerprint density at radius 3 is 3.08 bits per heavy atom. The van der Waals surface area contributed by atoms with E-state index in [1.807, 2.05) is 29.8 Å². The second-order valence-corrected chi connectivity index (χ2v) is 3.15. The topological polar surface area (TPSA) is 38.0 Å². The maximum atomic E-state index is 8.77. The largest absolute Gasteiger partial charge is 0.396 e. The van der Waals surface area contributed by atoms with Gasteiger partial charge in [0, 0.05) is 13.7 Å². The molecule has 0 fully saturated rings. The first-order valence-corrected chi connectivity index (χ1v) is 4.32. The van der Waals surface area contributed by atoms with E-state index in [4.69, 9.17) is 5.11 Å². The molecule has 0 spiro atoms. The summed E-state index contributed by atoms with van der Waals surface area (Å²) in [6.45, 7) is 0.193. The van der Waals surface area contributed by atoms with Crippen LogP contribution in [0.25, 0.3) is 11.0 Å². The first kappa shape index (κ1) is 8.26. The summed E-state index contributed by atoms with van der Waals surface area (Å²) in [5, 5.41) is 8.77. The van der Waals surface area contributed by atoms with E-state index in [0.29, 0.717) is 6.42 Å². The van der Waals surface area contributed by atoms with E-state index in [1.165, 1.54) is 0 Å². The molecule has 1 heterocycles. The normalized spacial score (nSPS) is 10.9. The number of aryl methyl sites for hydroxylation is 1. The van der Waals surface area contributed by atoms with Crippen molar-refractivity contribution in [2.75, 3.05) is 6.61 Å². The lowest BCUT2D eigenvalue weighted by molar-refractivity contribution is 0.299. The van der Waals surface area contributed by atoms with Gasteiger partial charge in [-0.3, -0.25) is 0 Å². The monoisotopic (exact) mass is 176 g/mol. The van der Waals surface area contributed by atoms with Gasteiger partial charge in [-0.15, -0.1) is 0 Å². The van der Waals surface area contributed by atoms with Gasteiger partial charge >= 0.3 is 0 Å². The van der Waals surface area contributed by atoms with E-state index in [-0.39, 0.29) is 6.61 Å². The van der Waals surface area contributed by atoms with Gasteiger partial charge in [-0.05, 0) is 24.1 Å². The highest BCUT2D eigenvalue weighted by Gasteiger charge is 1.99. The Kier molecular flexibility index (Phi) is 2.02. The predicted molar refractivity (Wildman–Crippen MR) is 51.5 cm³/mol. The molecule has 3 heteroatoms. The van der Waals surface area contributed by atoms with Gasteiger partial charge in [0.1, 0.15) is 0 Å². The number of nitrogens with zero attached hydrogens (tertiary/aromatic N) is 2. The lowest BCUT2D eigenvalue weighted by Crippen LogP contribution is -1.90. The fourth-order valence-corrected chi connectivity index (χ4v) is 1.47. The van der Waals surface area contributed by atoms with Crippen molar-refractivity contribution in [3.8, 4) is 0 Å². The zero-order valence-electron chi connectivity index (χ0n) is 7.57. The van der Waals surface area contributed by atoms with Gasteiger partial charge in [0.05, 0.1) is 17.4 Å². The van der Waals surface area contributed by atoms with Gasteiger partial charge in [-0.1, -0.05) is 6.07 Å². The Labute approximate surface area is 76.6 Å². The summed E-state index contributed by atoms with van der Waals surface area (Å²) in [6.07, 6.45) is 2.50. The second-order valence-electron chi connectivity index (χ2n) is 3.15. The molecule has 0 aliphatic carbocycles. The van der Waals surface area contributed by atoms with Gasteiger partial charge in [0.2, 0.25) is 0 Å². The van der Waals surface area contributed by atoms with Crippen LogP contribution in [0.15, 0.2) is 24.5 Å². The summed E-state index contributed by atoms with van der Waals surface area (Å²) >= 11 is 0. The van der Waals surface area contributed by atoms with E-state index >= 15 is 0 Å². The van der Waals surface area contributed by atoms with Gasteiger partial charge in [0.15, 0.2) is 0 Å². The van der Waals surface area contributed by atoms with Crippen LogP contribution in [0, 0.1) is 0 Å². The SMILES string of the molecule is Cn1cnc2cc(CCO)ccc21. The second kappa shape index (κ2) is 3.18. The molecule has 0 amide bonds. The highest BCUT2D eigenvalue weighted by atomic mass is 16.2. The van der Waals surface area contributed by atoms with E-state index in [0.717, 1.165) is 16.6 Å². The number of aliphatic hydroxyl groups excluding tert-OH is 1. The summed E-state index contributed by atoms with van der Waals surface area (Å²) < 4.78 is 1.98. The summed E-state index contributed by atoms with van der Waals surface area (Å²) in [6, 6.07) is 6.08. The molecule has 1 N–H and O–H groups in total. The number of aliphatic hydroxyl groups is 1. The van der Waals surface area contributed by atoms with Crippen molar-refractivity contribution in [1.82, 2.24) is 9.55 Å². The molecule has 0 unspecified atom stereocenters. The number of benzene rings is 1. The van der Waals surface area contributed by atoms with Crippen LogP contribution in [0.4, 0.5) is 0 Å². The van der Waals surface area contributed by atoms with Crippen molar-refractivity contribution in [1.29, 1.82) is 0 Å². The maximum absolute atomic E-state index is 8.77. The molecular weight excluding hydrogens is 164 g/mol. The molecular formula is C10H12N2O. The molecule has 1 aromatic heterocycles. The minimum absolute atomic E-state index is 0.193. The van der Waals surface area contributed by atoms with Crippen molar-refractivity contribution in [3.05, 3.63) is 30.1 Å². The van der Waals surface area contributed by atoms with Crippen LogP contribution in [0.3, 0.4) is 0 Å². The van der Waals surface area contributed by atoms with Gasteiger partial charge in [0.25, 0.3) is 0 Å².